The number of nitrogens with two attached hydrogens (primary N) is 1. The minimum absolute atomic E-state index is 0.0345. The molecule has 0 saturated heterocycles. The molecule has 0 bridgehead atoms. The molecule has 12 heavy (non-hydrogen) atoms. The monoisotopic (exact) mass is 169 g/mol. The lowest BCUT2D eigenvalue weighted by atomic mass is 10.3. The fraction of sp³-hybridized carbons (Fsp3) is 0.167. The van der Waals surface area contributed by atoms with Gasteiger partial charge in [-0.3, -0.25) is 10.1 Å². The van der Waals surface area contributed by atoms with E-state index in [0.29, 0.717) is 5.56 Å². The predicted octanol–water partition coefficient (Wildman–Crippen LogP) is 0.551. The maximum atomic E-state index is 10.4. The van der Waals surface area contributed by atoms with Gasteiger partial charge in [0.2, 0.25) is 5.88 Å². The average Bonchev–Trinajstić information content (AvgIpc) is 2.05. The Bertz CT molecular complexity index is 313. The molecule has 6 heteroatoms. The zero-order valence-corrected chi connectivity index (χ0v) is 6.35. The van der Waals surface area contributed by atoms with Crippen LogP contribution < -0.4 is 10.7 Å². The average molecular weight is 169 g/mol. The number of aryl methyl sites for hydroxylation is 1. The topological polar surface area (TPSA) is 91.3 Å². The SMILES string of the molecule is Cc1cnc(ON)cc1[N+](=O)[O-]. The molecule has 1 aromatic heterocycles. The van der Waals surface area contributed by atoms with Crippen LogP contribution in [0.3, 0.4) is 0 Å². The van der Waals surface area contributed by atoms with Gasteiger partial charge in [0, 0.05) is 11.8 Å². The van der Waals surface area contributed by atoms with Gasteiger partial charge in [0.1, 0.15) is 0 Å². The Morgan fingerprint density at radius 3 is 2.92 bits per heavy atom. The van der Waals surface area contributed by atoms with Gasteiger partial charge in [-0.25, -0.2) is 4.98 Å². The van der Waals surface area contributed by atoms with Gasteiger partial charge in [-0.1, -0.05) is 0 Å². The molecule has 2 N–H and O–H groups in total. The first kappa shape index (κ1) is 8.41. The first-order valence-corrected chi connectivity index (χ1v) is 3.13. The van der Waals surface area contributed by atoms with E-state index in [1.54, 1.807) is 6.92 Å². The van der Waals surface area contributed by atoms with Gasteiger partial charge >= 0.3 is 0 Å². The molecule has 1 aromatic rings. The Morgan fingerprint density at radius 1 is 1.75 bits per heavy atom. The third-order valence-corrected chi connectivity index (χ3v) is 1.37. The van der Waals surface area contributed by atoms with Crippen molar-refractivity contribution >= 4 is 5.69 Å². The molecule has 0 amide bonds. The summed E-state index contributed by atoms with van der Waals surface area (Å²) < 4.78 is 0. The number of pyridine rings is 1. The second-order valence-corrected chi connectivity index (χ2v) is 2.18. The summed E-state index contributed by atoms with van der Waals surface area (Å²) in [4.78, 5) is 17.8. The standard InChI is InChI=1S/C6H7N3O3/c1-4-3-8-6(12-7)2-5(4)9(10)11/h2-3H,7H2,1H3. The van der Waals surface area contributed by atoms with Crippen molar-refractivity contribution in [1.29, 1.82) is 0 Å². The van der Waals surface area contributed by atoms with Crippen LogP contribution in [0.1, 0.15) is 5.56 Å². The first-order valence-electron chi connectivity index (χ1n) is 3.13. The number of rotatable bonds is 2. The first-order chi connectivity index (χ1) is 5.65. The zero-order chi connectivity index (χ0) is 9.14. The van der Waals surface area contributed by atoms with E-state index in [9.17, 15) is 10.1 Å². The van der Waals surface area contributed by atoms with Crippen LogP contribution in [-0.4, -0.2) is 9.91 Å². The van der Waals surface area contributed by atoms with Crippen LogP contribution in [0.5, 0.6) is 5.88 Å². The molecule has 0 aliphatic carbocycles. The molecule has 0 aliphatic heterocycles. The van der Waals surface area contributed by atoms with Crippen molar-refractivity contribution in [2.24, 2.45) is 5.90 Å². The van der Waals surface area contributed by atoms with E-state index in [1.165, 1.54) is 12.3 Å². The second kappa shape index (κ2) is 3.14. The van der Waals surface area contributed by atoms with Crippen molar-refractivity contribution in [3.63, 3.8) is 0 Å². The lowest BCUT2D eigenvalue weighted by Gasteiger charge is -1.98. The highest BCUT2D eigenvalue weighted by molar-refractivity contribution is 5.40. The highest BCUT2D eigenvalue weighted by Gasteiger charge is 2.11. The van der Waals surface area contributed by atoms with Gasteiger partial charge in [-0.05, 0) is 6.92 Å². The van der Waals surface area contributed by atoms with Crippen LogP contribution in [0.2, 0.25) is 0 Å². The molecule has 0 aliphatic rings. The van der Waals surface area contributed by atoms with Crippen LogP contribution in [0.15, 0.2) is 12.3 Å². The van der Waals surface area contributed by atoms with E-state index in [2.05, 4.69) is 9.82 Å². The number of aromatic nitrogens is 1. The van der Waals surface area contributed by atoms with E-state index >= 15 is 0 Å². The third kappa shape index (κ3) is 1.48. The van der Waals surface area contributed by atoms with E-state index in [0.717, 1.165) is 0 Å². The minimum atomic E-state index is -0.514. The highest BCUT2D eigenvalue weighted by atomic mass is 16.6. The molecule has 0 unspecified atom stereocenters. The summed E-state index contributed by atoms with van der Waals surface area (Å²) in [5, 5.41) is 10.4. The number of hydrogen-bond acceptors (Lipinski definition) is 5. The summed E-state index contributed by atoms with van der Waals surface area (Å²) in [6.45, 7) is 1.59. The summed E-state index contributed by atoms with van der Waals surface area (Å²) in [5.41, 5.74) is 0.422. The third-order valence-electron chi connectivity index (χ3n) is 1.37. The molecule has 64 valence electrons. The molecule has 6 nitrogen and oxygen atoms in total. The summed E-state index contributed by atoms with van der Waals surface area (Å²) in [6.07, 6.45) is 1.33. The predicted molar refractivity (Wildman–Crippen MR) is 40.4 cm³/mol. The zero-order valence-electron chi connectivity index (χ0n) is 6.35. The Labute approximate surface area is 68.1 Å². The largest absolute Gasteiger partial charge is 0.391 e. The summed E-state index contributed by atoms with van der Waals surface area (Å²) in [6, 6.07) is 1.18. The molecule has 1 rings (SSSR count). The van der Waals surface area contributed by atoms with Crippen molar-refractivity contribution < 1.29 is 9.76 Å². The molecule has 0 aromatic carbocycles. The summed E-state index contributed by atoms with van der Waals surface area (Å²) in [5.74, 6) is 4.82. The maximum Gasteiger partial charge on any atom is 0.279 e. The van der Waals surface area contributed by atoms with E-state index in [1.807, 2.05) is 0 Å². The fourth-order valence-electron chi connectivity index (χ4n) is 0.756. The van der Waals surface area contributed by atoms with Gasteiger partial charge in [-0.15, -0.1) is 0 Å². The van der Waals surface area contributed by atoms with Crippen LogP contribution in [-0.2, 0) is 0 Å². The van der Waals surface area contributed by atoms with Crippen LogP contribution >= 0.6 is 0 Å². The fourth-order valence-corrected chi connectivity index (χ4v) is 0.756. The molecular formula is C6H7N3O3. The quantitative estimate of drug-likeness (QED) is 0.515. The smallest absolute Gasteiger partial charge is 0.279 e. The number of nitro groups is 1. The van der Waals surface area contributed by atoms with Crippen molar-refractivity contribution in [3.8, 4) is 5.88 Å². The lowest BCUT2D eigenvalue weighted by molar-refractivity contribution is -0.385. The molecule has 0 radical (unpaired) electrons. The van der Waals surface area contributed by atoms with Gasteiger partial charge in [0.25, 0.3) is 5.69 Å². The van der Waals surface area contributed by atoms with Crippen molar-refractivity contribution in [1.82, 2.24) is 4.98 Å². The lowest BCUT2D eigenvalue weighted by Crippen LogP contribution is -2.04. The van der Waals surface area contributed by atoms with Crippen molar-refractivity contribution in [3.05, 3.63) is 27.9 Å². The number of nitrogens with zero attached hydrogens (tertiary/aromatic N) is 2. The van der Waals surface area contributed by atoms with Crippen LogP contribution in [0, 0.1) is 17.0 Å². The minimum Gasteiger partial charge on any atom is -0.391 e. The van der Waals surface area contributed by atoms with Gasteiger partial charge in [-0.2, -0.15) is 5.90 Å². The maximum absolute atomic E-state index is 10.4. The van der Waals surface area contributed by atoms with Crippen LogP contribution in [0.4, 0.5) is 5.69 Å². The van der Waals surface area contributed by atoms with Gasteiger partial charge in [0.05, 0.1) is 11.0 Å². The van der Waals surface area contributed by atoms with Crippen LogP contribution in [0.25, 0.3) is 0 Å². The Kier molecular flexibility index (Phi) is 2.20. The molecule has 1 heterocycles. The molecule has 0 saturated carbocycles. The van der Waals surface area contributed by atoms with E-state index in [-0.39, 0.29) is 11.6 Å². The molecule has 0 atom stereocenters. The molecule has 0 fully saturated rings. The second-order valence-electron chi connectivity index (χ2n) is 2.18. The Hall–Kier alpha value is -1.69. The van der Waals surface area contributed by atoms with E-state index in [4.69, 9.17) is 5.90 Å². The molecule has 0 spiro atoms. The number of hydrogen-bond donors (Lipinski definition) is 1. The van der Waals surface area contributed by atoms with Gasteiger partial charge < -0.3 is 4.84 Å². The Morgan fingerprint density at radius 2 is 2.42 bits per heavy atom. The summed E-state index contributed by atoms with van der Waals surface area (Å²) >= 11 is 0. The van der Waals surface area contributed by atoms with E-state index < -0.39 is 4.92 Å². The normalized spacial score (nSPS) is 9.50. The Balaban J connectivity index is 3.17. The highest BCUT2D eigenvalue weighted by Crippen LogP contribution is 2.20. The van der Waals surface area contributed by atoms with Crippen molar-refractivity contribution in [2.75, 3.05) is 0 Å². The molecular weight excluding hydrogens is 162 g/mol. The van der Waals surface area contributed by atoms with Gasteiger partial charge in [0.15, 0.2) is 0 Å². The van der Waals surface area contributed by atoms with Crippen molar-refractivity contribution in [2.45, 2.75) is 6.92 Å². The summed E-state index contributed by atoms with van der Waals surface area (Å²) in [7, 11) is 0.